The Morgan fingerprint density at radius 1 is 0.500 bits per heavy atom. The van der Waals surface area contributed by atoms with Gasteiger partial charge in [0, 0.05) is 12.8 Å². The maximum atomic E-state index is 12.4. The third-order valence-corrected chi connectivity index (χ3v) is 9.24. The molecule has 0 fully saturated rings. The minimum Gasteiger partial charge on any atom is -0.462 e. The van der Waals surface area contributed by atoms with Gasteiger partial charge in [-0.2, -0.15) is 0 Å². The summed E-state index contributed by atoms with van der Waals surface area (Å²) >= 11 is 0. The Morgan fingerprint density at radius 3 is 1.30 bits per heavy atom. The van der Waals surface area contributed by atoms with Gasteiger partial charge in [-0.3, -0.25) is 14.1 Å². The van der Waals surface area contributed by atoms with Gasteiger partial charge in [-0.15, -0.1) is 0 Å². The van der Waals surface area contributed by atoms with Crippen LogP contribution in [0.25, 0.3) is 0 Å². The zero-order valence-corrected chi connectivity index (χ0v) is 35.0. The van der Waals surface area contributed by atoms with Gasteiger partial charge in [0.15, 0.2) is 6.10 Å². The van der Waals surface area contributed by atoms with Crippen LogP contribution in [0, 0.1) is 0 Å². The maximum absolute atomic E-state index is 12.4. The predicted octanol–water partition coefficient (Wildman–Crippen LogP) is 13.1. The lowest BCUT2D eigenvalue weighted by Crippen LogP contribution is -2.29. The number of phosphoric acid groups is 1. The minimum absolute atomic E-state index is 0.140. The molecule has 9 heteroatoms. The van der Waals surface area contributed by atoms with E-state index in [-0.39, 0.29) is 19.4 Å². The van der Waals surface area contributed by atoms with Crippen molar-refractivity contribution in [2.45, 2.75) is 187 Å². The third kappa shape index (κ3) is 42.2. The first-order valence-electron chi connectivity index (χ1n) is 21.2. The van der Waals surface area contributed by atoms with Crippen molar-refractivity contribution in [3.63, 3.8) is 0 Å². The monoisotopic (exact) mass is 777 g/mol. The van der Waals surface area contributed by atoms with E-state index >= 15 is 0 Å². The highest BCUT2D eigenvalue weighted by Gasteiger charge is 2.22. The average molecular weight is 777 g/mol. The van der Waals surface area contributed by atoms with Gasteiger partial charge in [-0.1, -0.05) is 189 Å². The van der Waals surface area contributed by atoms with Crippen molar-refractivity contribution >= 4 is 19.8 Å². The Morgan fingerprint density at radius 2 is 0.889 bits per heavy atom. The quantitative estimate of drug-likeness (QED) is 0.0275. The number of ether oxygens (including phenoxy) is 2. The van der Waals surface area contributed by atoms with Crippen LogP contribution >= 0.6 is 7.82 Å². The van der Waals surface area contributed by atoms with Gasteiger partial charge in [0.05, 0.1) is 6.61 Å². The normalized spacial score (nSPS) is 13.2. The van der Waals surface area contributed by atoms with Crippen molar-refractivity contribution in [2.24, 2.45) is 0 Å². The lowest BCUT2D eigenvalue weighted by Gasteiger charge is -2.18. The SMILES string of the molecule is CC/C=C/C/C=C/C/C=C/C/C=C/C/C=C/C/C=C/CCC(=O)OC[C@H](COP(=O)(O)O)OC(=O)CCCCCCCCCCCCCCCCCCC. The van der Waals surface area contributed by atoms with Gasteiger partial charge >= 0.3 is 19.8 Å². The lowest BCUT2D eigenvalue weighted by atomic mass is 10.0. The van der Waals surface area contributed by atoms with Crippen LogP contribution in [0.3, 0.4) is 0 Å². The summed E-state index contributed by atoms with van der Waals surface area (Å²) in [5, 5.41) is 0. The van der Waals surface area contributed by atoms with Crippen LogP contribution in [0.1, 0.15) is 181 Å². The molecule has 0 aliphatic heterocycles. The predicted molar refractivity (Wildman–Crippen MR) is 225 cm³/mol. The van der Waals surface area contributed by atoms with E-state index in [1.54, 1.807) is 0 Å². The van der Waals surface area contributed by atoms with E-state index < -0.39 is 32.5 Å². The van der Waals surface area contributed by atoms with E-state index in [1.807, 2.05) is 12.2 Å². The zero-order chi connectivity index (χ0) is 39.6. The molecule has 0 spiro atoms. The summed E-state index contributed by atoms with van der Waals surface area (Å²) in [4.78, 5) is 42.8. The average Bonchev–Trinajstić information content (AvgIpc) is 3.14. The molecular formula is C45H77O8P. The molecule has 0 radical (unpaired) electrons. The molecule has 0 unspecified atom stereocenters. The molecule has 1 atom stereocenters. The van der Waals surface area contributed by atoms with E-state index in [1.165, 1.54) is 83.5 Å². The van der Waals surface area contributed by atoms with E-state index in [0.29, 0.717) is 12.8 Å². The maximum Gasteiger partial charge on any atom is 0.469 e. The Kier molecular flexibility index (Phi) is 38.3. The first-order valence-corrected chi connectivity index (χ1v) is 22.8. The Hall–Kier alpha value is -2.51. The van der Waals surface area contributed by atoms with Crippen molar-refractivity contribution in [2.75, 3.05) is 13.2 Å². The van der Waals surface area contributed by atoms with Crippen molar-refractivity contribution in [1.82, 2.24) is 0 Å². The molecule has 0 amide bonds. The molecule has 8 nitrogen and oxygen atoms in total. The number of phosphoric ester groups is 1. The van der Waals surface area contributed by atoms with Gasteiger partial charge < -0.3 is 19.3 Å². The molecule has 0 aromatic rings. The summed E-state index contributed by atoms with van der Waals surface area (Å²) < 4.78 is 26.3. The molecule has 0 saturated carbocycles. The summed E-state index contributed by atoms with van der Waals surface area (Å²) in [7, 11) is -4.77. The van der Waals surface area contributed by atoms with Gasteiger partial charge in [0.25, 0.3) is 0 Å². The zero-order valence-electron chi connectivity index (χ0n) is 34.1. The lowest BCUT2D eigenvalue weighted by molar-refractivity contribution is -0.161. The molecule has 310 valence electrons. The molecule has 0 rings (SSSR count). The summed E-state index contributed by atoms with van der Waals surface area (Å²) in [5.41, 5.74) is 0. The second-order valence-electron chi connectivity index (χ2n) is 13.9. The first kappa shape index (κ1) is 51.5. The number of carbonyl (C=O) groups excluding carboxylic acids is 2. The van der Waals surface area contributed by atoms with Crippen molar-refractivity contribution in [3.8, 4) is 0 Å². The van der Waals surface area contributed by atoms with E-state index in [0.717, 1.165) is 57.8 Å². The van der Waals surface area contributed by atoms with Crippen LogP contribution < -0.4 is 0 Å². The second-order valence-corrected chi connectivity index (χ2v) is 15.2. The highest BCUT2D eigenvalue weighted by Crippen LogP contribution is 2.36. The molecule has 0 aliphatic rings. The summed E-state index contributed by atoms with van der Waals surface area (Å²) in [6.45, 7) is 3.51. The smallest absolute Gasteiger partial charge is 0.462 e. The summed E-state index contributed by atoms with van der Waals surface area (Å²) in [6.07, 6.45) is 52.1. The molecule has 2 N–H and O–H groups in total. The Bertz CT molecular complexity index is 1100. The van der Waals surface area contributed by atoms with Gasteiger partial charge in [0.2, 0.25) is 0 Å². The minimum atomic E-state index is -4.77. The van der Waals surface area contributed by atoms with Gasteiger partial charge in [0.1, 0.15) is 6.61 Å². The molecule has 0 bridgehead atoms. The fraction of sp³-hybridized carbons (Fsp3) is 0.689. The van der Waals surface area contributed by atoms with Gasteiger partial charge in [-0.25, -0.2) is 4.57 Å². The van der Waals surface area contributed by atoms with Crippen molar-refractivity contribution < 1.29 is 37.9 Å². The van der Waals surface area contributed by atoms with Crippen LogP contribution in [0.2, 0.25) is 0 Å². The molecule has 0 aromatic carbocycles. The highest BCUT2D eigenvalue weighted by molar-refractivity contribution is 7.46. The van der Waals surface area contributed by atoms with Crippen LogP contribution in [0.4, 0.5) is 0 Å². The van der Waals surface area contributed by atoms with Crippen LogP contribution in [-0.4, -0.2) is 41.0 Å². The third-order valence-electron chi connectivity index (χ3n) is 8.75. The molecule has 0 aliphatic carbocycles. The number of hydrogen-bond acceptors (Lipinski definition) is 6. The number of allylic oxidation sites excluding steroid dienone is 12. The Balaban J connectivity index is 4.03. The highest BCUT2D eigenvalue weighted by atomic mass is 31.2. The van der Waals surface area contributed by atoms with Crippen molar-refractivity contribution in [3.05, 3.63) is 72.9 Å². The Labute approximate surface area is 329 Å². The van der Waals surface area contributed by atoms with Crippen LogP contribution in [0.15, 0.2) is 72.9 Å². The first-order chi connectivity index (χ1) is 26.3. The molecule has 0 saturated heterocycles. The molecule has 0 heterocycles. The number of unbranched alkanes of at least 4 members (excludes halogenated alkanes) is 16. The number of esters is 2. The van der Waals surface area contributed by atoms with Gasteiger partial charge in [-0.05, 0) is 51.4 Å². The van der Waals surface area contributed by atoms with Crippen LogP contribution in [0.5, 0.6) is 0 Å². The van der Waals surface area contributed by atoms with E-state index in [2.05, 4.69) is 79.1 Å². The van der Waals surface area contributed by atoms with E-state index in [4.69, 9.17) is 19.3 Å². The van der Waals surface area contributed by atoms with E-state index in [9.17, 15) is 14.2 Å². The number of carbonyl (C=O) groups is 2. The topological polar surface area (TPSA) is 119 Å². The summed E-state index contributed by atoms with van der Waals surface area (Å²) in [5.74, 6) is -0.982. The molecule has 0 aromatic heterocycles. The fourth-order valence-electron chi connectivity index (χ4n) is 5.63. The largest absolute Gasteiger partial charge is 0.469 e. The number of rotatable bonds is 38. The second kappa shape index (κ2) is 40.2. The molecular weight excluding hydrogens is 699 g/mol. The standard InChI is InChI=1S/C45H77O8P/c1-3-5-7-9-11-13-15-17-19-21-22-24-25-27-29-31-33-35-37-39-44(46)51-41-43(42-52-54(48,49)50)53-45(47)40-38-36-34-32-30-28-26-23-20-18-16-14-12-10-8-6-4-2/h5,7,11,13,17,19,22,24,27,29,33,35,43H,3-4,6,8-10,12,14-16,18,20-21,23,25-26,28,30-32,34,36-42H2,1-2H3,(H2,48,49,50)/b7-5+,13-11+,19-17+,24-22+,29-27+,35-33+/t43-/m1/s1. The van der Waals surface area contributed by atoms with Crippen molar-refractivity contribution in [1.29, 1.82) is 0 Å². The fourth-order valence-corrected chi connectivity index (χ4v) is 5.99. The summed E-state index contributed by atoms with van der Waals surface area (Å²) in [6, 6.07) is 0. The molecule has 54 heavy (non-hydrogen) atoms. The van der Waals surface area contributed by atoms with Crippen LogP contribution in [-0.2, 0) is 28.2 Å². The number of hydrogen-bond donors (Lipinski definition) is 2.